The van der Waals surface area contributed by atoms with Crippen molar-refractivity contribution in [3.05, 3.63) is 24.8 Å². The van der Waals surface area contributed by atoms with Gasteiger partial charge >= 0.3 is 0 Å². The number of anilines is 1. The largest absolute Gasteiger partial charge is 0.390 e. The zero-order chi connectivity index (χ0) is 17.6. The highest BCUT2D eigenvalue weighted by Crippen LogP contribution is 2.32. The molecule has 0 bridgehead atoms. The van der Waals surface area contributed by atoms with Crippen LogP contribution in [0, 0.1) is 0 Å². The summed E-state index contributed by atoms with van der Waals surface area (Å²) in [4.78, 5) is 12.1. The summed E-state index contributed by atoms with van der Waals surface area (Å²) in [5.74, 6) is 0.221. The molecule has 4 rings (SSSR count). The number of nitrogens with two attached hydrogens (primary N) is 1. The summed E-state index contributed by atoms with van der Waals surface area (Å²) < 4.78 is 12.9. The summed E-state index contributed by atoms with van der Waals surface area (Å²) >= 11 is 0. The van der Waals surface area contributed by atoms with Crippen LogP contribution in [-0.2, 0) is 9.47 Å². The zero-order valence-electron chi connectivity index (χ0n) is 13.2. The van der Waals surface area contributed by atoms with Gasteiger partial charge in [0.2, 0.25) is 0 Å². The van der Waals surface area contributed by atoms with Gasteiger partial charge in [-0.15, -0.1) is 0 Å². The van der Waals surface area contributed by atoms with Crippen molar-refractivity contribution >= 4 is 17.0 Å². The molecule has 1 aliphatic carbocycles. The van der Waals surface area contributed by atoms with Gasteiger partial charge in [0.25, 0.3) is 0 Å². The Morgan fingerprint density at radius 3 is 2.84 bits per heavy atom. The molecule has 0 spiro atoms. The van der Waals surface area contributed by atoms with Crippen LogP contribution in [0.25, 0.3) is 11.2 Å². The molecular weight excluding hydrogens is 330 g/mol. The quantitative estimate of drug-likeness (QED) is 0.496. The molecule has 5 N–H and O–H groups in total. The van der Waals surface area contributed by atoms with E-state index in [1.807, 2.05) is 6.08 Å². The topological polar surface area (TPSA) is 149 Å². The monoisotopic (exact) mass is 349 g/mol. The first-order valence-electron chi connectivity index (χ1n) is 7.97. The lowest BCUT2D eigenvalue weighted by atomic mass is 10.1. The fraction of sp³-hybridized carbons (Fsp3) is 0.533. The summed E-state index contributed by atoms with van der Waals surface area (Å²) in [6.45, 7) is 0.0323. The van der Waals surface area contributed by atoms with Gasteiger partial charge in [0, 0.05) is 0 Å². The third-order valence-corrected chi connectivity index (χ3v) is 4.53. The molecule has 6 atom stereocenters. The van der Waals surface area contributed by atoms with Crippen LogP contribution in [0.15, 0.2) is 24.8 Å². The van der Waals surface area contributed by atoms with Crippen LogP contribution in [0.1, 0.15) is 12.6 Å². The Labute approximate surface area is 142 Å². The van der Waals surface area contributed by atoms with Crippen molar-refractivity contribution < 1.29 is 24.8 Å². The maximum Gasteiger partial charge on any atom is 0.167 e. The third-order valence-electron chi connectivity index (χ3n) is 4.53. The maximum atomic E-state index is 10.4. The number of ether oxygens (including phenoxy) is 2. The Bertz CT molecular complexity index is 796. The van der Waals surface area contributed by atoms with Gasteiger partial charge in [0.15, 0.2) is 17.7 Å². The minimum absolute atomic E-state index is 0.0323. The highest BCUT2D eigenvalue weighted by molar-refractivity contribution is 5.81. The van der Waals surface area contributed by atoms with Crippen molar-refractivity contribution in [3.63, 3.8) is 0 Å². The molecule has 1 saturated heterocycles. The Morgan fingerprint density at radius 1 is 1.24 bits per heavy atom. The van der Waals surface area contributed by atoms with Crippen LogP contribution in [0.4, 0.5) is 5.82 Å². The van der Waals surface area contributed by atoms with E-state index in [1.165, 1.54) is 17.2 Å². The molecule has 2 aromatic rings. The second-order valence-electron chi connectivity index (χ2n) is 6.16. The van der Waals surface area contributed by atoms with Crippen molar-refractivity contribution in [1.29, 1.82) is 0 Å². The number of aromatic nitrogens is 4. The van der Waals surface area contributed by atoms with Crippen molar-refractivity contribution in [2.45, 2.75) is 43.2 Å². The highest BCUT2D eigenvalue weighted by atomic mass is 16.6. The fourth-order valence-corrected chi connectivity index (χ4v) is 3.14. The number of aliphatic hydroxyl groups is 3. The van der Waals surface area contributed by atoms with E-state index in [0.29, 0.717) is 17.6 Å². The van der Waals surface area contributed by atoms with Crippen LogP contribution >= 0.6 is 0 Å². The number of nitrogens with zero attached hydrogens (tertiary/aromatic N) is 4. The van der Waals surface area contributed by atoms with E-state index >= 15 is 0 Å². The number of nitrogen functional groups attached to an aromatic ring is 1. The number of hydrogen-bond acceptors (Lipinski definition) is 9. The van der Waals surface area contributed by atoms with Crippen LogP contribution in [0.5, 0.6) is 0 Å². The van der Waals surface area contributed by atoms with Crippen molar-refractivity contribution in [1.82, 2.24) is 19.5 Å². The second kappa shape index (κ2) is 6.32. The smallest absolute Gasteiger partial charge is 0.167 e. The molecule has 0 unspecified atom stereocenters. The van der Waals surface area contributed by atoms with E-state index < -0.39 is 36.7 Å². The Hall–Kier alpha value is -2.11. The molecule has 1 aliphatic heterocycles. The van der Waals surface area contributed by atoms with E-state index in [4.69, 9.17) is 15.2 Å². The van der Waals surface area contributed by atoms with Crippen molar-refractivity contribution in [2.24, 2.45) is 0 Å². The predicted molar refractivity (Wildman–Crippen MR) is 85.2 cm³/mol. The molecule has 3 heterocycles. The van der Waals surface area contributed by atoms with Gasteiger partial charge in [-0.1, -0.05) is 12.2 Å². The number of aliphatic hydroxyl groups excluding tert-OH is 3. The highest BCUT2D eigenvalue weighted by Gasteiger charge is 2.44. The summed E-state index contributed by atoms with van der Waals surface area (Å²) in [5.41, 5.74) is 6.56. The second-order valence-corrected chi connectivity index (χ2v) is 6.16. The minimum Gasteiger partial charge on any atom is -0.390 e. The molecule has 1 fully saturated rings. The van der Waals surface area contributed by atoms with E-state index in [0.717, 1.165) is 0 Å². The van der Waals surface area contributed by atoms with Crippen molar-refractivity contribution in [3.8, 4) is 0 Å². The Kier molecular flexibility index (Phi) is 4.13. The van der Waals surface area contributed by atoms with Gasteiger partial charge in [0.1, 0.15) is 36.3 Å². The standard InChI is InChI=1S/C15H19N5O5/c16-13-10-14(18-5-17-13)20(6-19-10)15-12(23)11(22)9(25-15)4-24-8-3-1-2-7(8)21/h1,3,5-9,11-12,15,21-23H,2,4H2,(H2,16,17,18)/t7-,8-,9+,11+,12+,15+/m0/s1. The Balaban J connectivity index is 1.51. The average molecular weight is 349 g/mol. The van der Waals surface area contributed by atoms with Gasteiger partial charge in [-0.3, -0.25) is 4.57 Å². The van der Waals surface area contributed by atoms with Crippen molar-refractivity contribution in [2.75, 3.05) is 12.3 Å². The Morgan fingerprint density at radius 2 is 2.08 bits per heavy atom. The van der Waals surface area contributed by atoms with E-state index in [2.05, 4.69) is 15.0 Å². The average Bonchev–Trinajstić information content (AvgIpc) is 3.27. The first kappa shape index (κ1) is 16.4. The van der Waals surface area contributed by atoms with Crippen LogP contribution < -0.4 is 5.73 Å². The molecular formula is C15H19N5O5. The minimum atomic E-state index is -1.19. The van der Waals surface area contributed by atoms with Crippen LogP contribution in [0.2, 0.25) is 0 Å². The first-order chi connectivity index (χ1) is 12.1. The lowest BCUT2D eigenvalue weighted by molar-refractivity contribution is -0.0890. The molecule has 25 heavy (non-hydrogen) atoms. The van der Waals surface area contributed by atoms with E-state index in [9.17, 15) is 15.3 Å². The van der Waals surface area contributed by atoms with Gasteiger partial charge in [0.05, 0.1) is 19.0 Å². The van der Waals surface area contributed by atoms with Gasteiger partial charge < -0.3 is 30.5 Å². The maximum absolute atomic E-state index is 10.4. The van der Waals surface area contributed by atoms with Gasteiger partial charge in [-0.05, 0) is 6.42 Å². The summed E-state index contributed by atoms with van der Waals surface area (Å²) in [7, 11) is 0. The fourth-order valence-electron chi connectivity index (χ4n) is 3.14. The molecule has 0 saturated carbocycles. The van der Waals surface area contributed by atoms with E-state index in [1.54, 1.807) is 6.08 Å². The molecule has 10 nitrogen and oxygen atoms in total. The zero-order valence-corrected chi connectivity index (χ0v) is 13.2. The van der Waals surface area contributed by atoms with Gasteiger partial charge in [-0.25, -0.2) is 15.0 Å². The van der Waals surface area contributed by atoms with Crippen LogP contribution in [0.3, 0.4) is 0 Å². The molecule has 2 aliphatic rings. The summed E-state index contributed by atoms with van der Waals surface area (Å²) in [6.07, 6.45) is 1.85. The SMILES string of the molecule is Nc1ncnc2c1ncn2[C@@H]1O[C@H](CO[C@H]2C=CC[C@@H]2O)[C@@H](O)[C@H]1O. The predicted octanol–water partition coefficient (Wildman–Crippen LogP) is -1.27. The third kappa shape index (κ3) is 2.77. The van der Waals surface area contributed by atoms with E-state index in [-0.39, 0.29) is 12.4 Å². The number of imidazole rings is 1. The molecule has 10 heteroatoms. The number of fused-ring (bicyclic) bond motifs is 1. The molecule has 0 aromatic carbocycles. The van der Waals surface area contributed by atoms with Crippen LogP contribution in [-0.4, -0.2) is 72.0 Å². The lowest BCUT2D eigenvalue weighted by Gasteiger charge is -2.19. The normalized spacial score (nSPS) is 35.0. The number of hydrogen-bond donors (Lipinski definition) is 4. The molecule has 0 amide bonds. The summed E-state index contributed by atoms with van der Waals surface area (Å²) in [6, 6.07) is 0. The molecule has 0 radical (unpaired) electrons. The number of rotatable bonds is 4. The molecule has 134 valence electrons. The first-order valence-corrected chi connectivity index (χ1v) is 7.97. The lowest BCUT2D eigenvalue weighted by Crippen LogP contribution is -2.36. The molecule has 2 aromatic heterocycles. The van der Waals surface area contributed by atoms with Gasteiger partial charge in [-0.2, -0.15) is 0 Å². The summed E-state index contributed by atoms with van der Waals surface area (Å²) in [5, 5.41) is 30.4.